The van der Waals surface area contributed by atoms with Gasteiger partial charge in [0.25, 0.3) is 0 Å². The van der Waals surface area contributed by atoms with Gasteiger partial charge in [0.2, 0.25) is 0 Å². The minimum atomic E-state index is -0.720. The number of amides is 1. The van der Waals surface area contributed by atoms with Gasteiger partial charge in [0.05, 0.1) is 0 Å². The molecule has 11 heavy (non-hydrogen) atoms. The van der Waals surface area contributed by atoms with Gasteiger partial charge in [0.15, 0.2) is 4.93 Å². The van der Waals surface area contributed by atoms with Gasteiger partial charge in [-0.2, -0.15) is 0 Å². The number of primary amides is 1. The molecule has 0 aromatic heterocycles. The van der Waals surface area contributed by atoms with Crippen LogP contribution in [0, 0.1) is 0 Å². The molecular formula is C7H13NO2S. The molecule has 0 bridgehead atoms. The number of ether oxygens (including phenoxy) is 1. The van der Waals surface area contributed by atoms with Crippen molar-refractivity contribution in [2.75, 3.05) is 0 Å². The molecule has 1 rings (SSSR count). The first-order valence-corrected chi connectivity index (χ1v) is 4.28. The second kappa shape index (κ2) is 3.34. The normalized spacial score (nSPS) is 22.6. The molecular weight excluding hydrogens is 162 g/mol. The molecule has 3 nitrogen and oxygen atoms in total. The van der Waals surface area contributed by atoms with Crippen LogP contribution in [0.1, 0.15) is 32.1 Å². The van der Waals surface area contributed by atoms with Crippen LogP contribution in [-0.4, -0.2) is 11.0 Å². The number of carbonyl (C=O) groups excluding carboxylic acids is 1. The zero-order valence-electron chi connectivity index (χ0n) is 6.38. The Hall–Kier alpha value is -0.380. The first-order chi connectivity index (χ1) is 5.12. The molecule has 0 radical (unpaired) electrons. The van der Waals surface area contributed by atoms with E-state index in [0.717, 1.165) is 25.7 Å². The van der Waals surface area contributed by atoms with Crippen molar-refractivity contribution in [3.63, 3.8) is 0 Å². The van der Waals surface area contributed by atoms with Gasteiger partial charge in [-0.05, 0) is 25.7 Å². The lowest BCUT2D eigenvalue weighted by Gasteiger charge is -2.31. The third-order valence-corrected chi connectivity index (χ3v) is 2.46. The minimum Gasteiger partial charge on any atom is -0.432 e. The van der Waals surface area contributed by atoms with Crippen LogP contribution in [0.3, 0.4) is 0 Å². The third kappa shape index (κ3) is 2.61. The largest absolute Gasteiger partial charge is 0.432 e. The van der Waals surface area contributed by atoms with E-state index in [4.69, 9.17) is 10.5 Å². The Morgan fingerprint density at radius 3 is 2.36 bits per heavy atom. The van der Waals surface area contributed by atoms with Crippen LogP contribution in [0.2, 0.25) is 0 Å². The number of rotatable bonds is 1. The topological polar surface area (TPSA) is 52.3 Å². The van der Waals surface area contributed by atoms with E-state index < -0.39 is 11.0 Å². The van der Waals surface area contributed by atoms with Crippen LogP contribution in [0.4, 0.5) is 4.79 Å². The highest BCUT2D eigenvalue weighted by Gasteiger charge is 2.30. The quantitative estimate of drug-likeness (QED) is 0.470. The van der Waals surface area contributed by atoms with Gasteiger partial charge < -0.3 is 10.5 Å². The first-order valence-electron chi connectivity index (χ1n) is 3.83. The molecule has 1 fully saturated rings. The second-order valence-electron chi connectivity index (χ2n) is 2.93. The smallest absolute Gasteiger partial charge is 0.405 e. The molecule has 1 aliphatic rings. The number of thiol groups is 1. The lowest BCUT2D eigenvalue weighted by molar-refractivity contribution is 0.0599. The fourth-order valence-corrected chi connectivity index (χ4v) is 1.80. The summed E-state index contributed by atoms with van der Waals surface area (Å²) in [7, 11) is 0. The Kier molecular flexibility index (Phi) is 2.65. The Balaban J connectivity index is 2.43. The molecule has 1 saturated carbocycles. The zero-order valence-corrected chi connectivity index (χ0v) is 7.27. The van der Waals surface area contributed by atoms with Crippen LogP contribution in [-0.2, 0) is 4.74 Å². The molecule has 1 amide bonds. The standard InChI is InChI=1S/C7H13NO2S/c8-6(9)10-7(11)4-2-1-3-5-7/h11H,1-5H2,(H2,8,9). The molecule has 0 aromatic rings. The van der Waals surface area contributed by atoms with E-state index in [9.17, 15) is 4.79 Å². The molecule has 0 saturated heterocycles. The fourth-order valence-electron chi connectivity index (χ4n) is 1.39. The maximum absolute atomic E-state index is 10.4. The summed E-state index contributed by atoms with van der Waals surface area (Å²) in [5, 5.41) is 0. The van der Waals surface area contributed by atoms with Crippen molar-refractivity contribution in [2.24, 2.45) is 5.73 Å². The van der Waals surface area contributed by atoms with Gasteiger partial charge in [0.1, 0.15) is 0 Å². The Bertz CT molecular complexity index is 155. The van der Waals surface area contributed by atoms with E-state index in [-0.39, 0.29) is 0 Å². The van der Waals surface area contributed by atoms with E-state index in [2.05, 4.69) is 12.6 Å². The predicted octanol–water partition coefficient (Wildman–Crippen LogP) is 1.67. The summed E-state index contributed by atoms with van der Waals surface area (Å²) in [5.41, 5.74) is 4.90. The maximum atomic E-state index is 10.4. The van der Waals surface area contributed by atoms with Crippen molar-refractivity contribution in [2.45, 2.75) is 37.0 Å². The Labute approximate surface area is 71.7 Å². The summed E-state index contributed by atoms with van der Waals surface area (Å²) >= 11 is 4.27. The highest BCUT2D eigenvalue weighted by Crippen LogP contribution is 2.34. The van der Waals surface area contributed by atoms with Crippen molar-refractivity contribution < 1.29 is 9.53 Å². The Morgan fingerprint density at radius 2 is 1.91 bits per heavy atom. The van der Waals surface area contributed by atoms with Crippen LogP contribution >= 0.6 is 12.6 Å². The summed E-state index contributed by atoms with van der Waals surface area (Å²) < 4.78 is 4.88. The average molecular weight is 175 g/mol. The number of nitrogens with two attached hydrogens (primary N) is 1. The molecule has 2 N–H and O–H groups in total. The SMILES string of the molecule is NC(=O)OC1(S)CCCCC1. The summed E-state index contributed by atoms with van der Waals surface area (Å²) in [4.78, 5) is 9.84. The lowest BCUT2D eigenvalue weighted by atomic mass is 9.97. The molecule has 1 aliphatic carbocycles. The highest BCUT2D eigenvalue weighted by atomic mass is 32.1. The lowest BCUT2D eigenvalue weighted by Crippen LogP contribution is -2.33. The van der Waals surface area contributed by atoms with Gasteiger partial charge in [-0.1, -0.05) is 6.42 Å². The van der Waals surface area contributed by atoms with Gasteiger partial charge >= 0.3 is 6.09 Å². The molecule has 0 spiro atoms. The third-order valence-electron chi connectivity index (χ3n) is 1.93. The summed E-state index contributed by atoms with van der Waals surface area (Å²) in [5.74, 6) is 0. The predicted molar refractivity (Wildman–Crippen MR) is 45.5 cm³/mol. The number of carbonyl (C=O) groups is 1. The number of hydrogen-bond donors (Lipinski definition) is 2. The molecule has 0 heterocycles. The maximum Gasteiger partial charge on any atom is 0.405 e. The van der Waals surface area contributed by atoms with Crippen molar-refractivity contribution in [3.8, 4) is 0 Å². The Morgan fingerprint density at radius 1 is 1.36 bits per heavy atom. The van der Waals surface area contributed by atoms with E-state index >= 15 is 0 Å². The molecule has 64 valence electrons. The fraction of sp³-hybridized carbons (Fsp3) is 0.857. The highest BCUT2D eigenvalue weighted by molar-refractivity contribution is 7.81. The van der Waals surface area contributed by atoms with Crippen molar-refractivity contribution in [3.05, 3.63) is 0 Å². The van der Waals surface area contributed by atoms with Crippen LogP contribution in [0.5, 0.6) is 0 Å². The van der Waals surface area contributed by atoms with Gasteiger partial charge in [-0.3, -0.25) is 0 Å². The average Bonchev–Trinajstić information content (AvgIpc) is 1.85. The van der Waals surface area contributed by atoms with Crippen molar-refractivity contribution in [1.82, 2.24) is 0 Å². The van der Waals surface area contributed by atoms with Crippen LogP contribution < -0.4 is 5.73 Å². The second-order valence-corrected chi connectivity index (χ2v) is 3.74. The summed E-state index contributed by atoms with van der Waals surface area (Å²) in [6.07, 6.45) is 4.25. The molecule has 4 heteroatoms. The van der Waals surface area contributed by atoms with E-state index in [1.54, 1.807) is 0 Å². The number of hydrogen-bond acceptors (Lipinski definition) is 3. The van der Waals surface area contributed by atoms with E-state index in [1.807, 2.05) is 0 Å². The van der Waals surface area contributed by atoms with E-state index in [0.29, 0.717) is 0 Å². The van der Waals surface area contributed by atoms with Gasteiger partial charge in [0, 0.05) is 0 Å². The molecule has 0 atom stereocenters. The summed E-state index contributed by atoms with van der Waals surface area (Å²) in [6, 6.07) is 0. The summed E-state index contributed by atoms with van der Waals surface area (Å²) in [6.45, 7) is 0. The van der Waals surface area contributed by atoms with Crippen molar-refractivity contribution in [1.29, 1.82) is 0 Å². The van der Waals surface area contributed by atoms with Crippen molar-refractivity contribution >= 4 is 18.7 Å². The van der Waals surface area contributed by atoms with Crippen LogP contribution in [0.15, 0.2) is 0 Å². The molecule has 0 aromatic carbocycles. The molecule has 0 unspecified atom stereocenters. The van der Waals surface area contributed by atoms with Gasteiger partial charge in [-0.25, -0.2) is 4.79 Å². The van der Waals surface area contributed by atoms with Gasteiger partial charge in [-0.15, -0.1) is 12.6 Å². The zero-order chi connectivity index (χ0) is 8.32. The molecule has 0 aliphatic heterocycles. The first kappa shape index (κ1) is 8.71. The van der Waals surface area contributed by atoms with Crippen LogP contribution in [0.25, 0.3) is 0 Å². The minimum absolute atomic E-state index is 0.579. The van der Waals surface area contributed by atoms with E-state index in [1.165, 1.54) is 6.42 Å². The monoisotopic (exact) mass is 175 g/mol.